The van der Waals surface area contributed by atoms with Crippen molar-refractivity contribution in [1.82, 2.24) is 9.62 Å². The van der Waals surface area contributed by atoms with Crippen molar-refractivity contribution in [2.75, 3.05) is 19.6 Å². The molecule has 20 heavy (non-hydrogen) atoms. The molecule has 2 N–H and O–H groups in total. The van der Waals surface area contributed by atoms with Gasteiger partial charge in [-0.3, -0.25) is 4.79 Å². The molecule has 0 saturated carbocycles. The summed E-state index contributed by atoms with van der Waals surface area (Å²) < 4.78 is 26.5. The maximum Gasteiger partial charge on any atom is 0.323 e. The van der Waals surface area contributed by atoms with Gasteiger partial charge in [0.15, 0.2) is 0 Å². The maximum absolute atomic E-state index is 12.7. The molecule has 1 saturated heterocycles. The molecule has 0 amide bonds. The Kier molecular flexibility index (Phi) is 4.12. The highest BCUT2D eigenvalue weighted by atomic mass is 32.2. The second-order valence-corrected chi connectivity index (χ2v) is 6.80. The normalized spacial score (nSPS) is 20.8. The number of aryl methyl sites for hydroxylation is 2. The predicted octanol–water partition coefficient (Wildman–Crippen LogP) is 0.351. The van der Waals surface area contributed by atoms with Crippen LogP contribution in [0.15, 0.2) is 23.1 Å². The largest absolute Gasteiger partial charge is 0.480 e. The van der Waals surface area contributed by atoms with Crippen LogP contribution in [0.3, 0.4) is 0 Å². The van der Waals surface area contributed by atoms with E-state index in [0.29, 0.717) is 12.1 Å². The Labute approximate surface area is 118 Å². The van der Waals surface area contributed by atoms with Gasteiger partial charge in [0.05, 0.1) is 4.90 Å². The summed E-state index contributed by atoms with van der Waals surface area (Å²) in [5, 5.41) is 12.1. The van der Waals surface area contributed by atoms with Crippen LogP contribution in [0.1, 0.15) is 11.1 Å². The molecule has 1 unspecified atom stereocenters. The van der Waals surface area contributed by atoms with Gasteiger partial charge in [0.1, 0.15) is 6.04 Å². The van der Waals surface area contributed by atoms with Crippen molar-refractivity contribution in [3.8, 4) is 0 Å². The highest BCUT2D eigenvalue weighted by Gasteiger charge is 2.38. The molecule has 2 rings (SSSR count). The summed E-state index contributed by atoms with van der Waals surface area (Å²) in [4.78, 5) is 11.4. The van der Waals surface area contributed by atoms with Gasteiger partial charge in [0, 0.05) is 19.6 Å². The fourth-order valence-corrected chi connectivity index (χ4v) is 4.19. The highest BCUT2D eigenvalue weighted by Crippen LogP contribution is 2.23. The number of carboxylic acids is 1. The van der Waals surface area contributed by atoms with Crippen molar-refractivity contribution >= 4 is 16.0 Å². The number of sulfonamides is 1. The van der Waals surface area contributed by atoms with E-state index in [1.54, 1.807) is 19.1 Å². The summed E-state index contributed by atoms with van der Waals surface area (Å²) in [6.45, 7) is 4.26. The van der Waals surface area contributed by atoms with Gasteiger partial charge in [-0.05, 0) is 31.0 Å². The Balaban J connectivity index is 2.47. The third-order valence-electron chi connectivity index (χ3n) is 3.41. The minimum atomic E-state index is -3.80. The molecule has 1 fully saturated rings. The molecule has 0 aliphatic carbocycles. The van der Waals surface area contributed by atoms with Crippen LogP contribution in [0.2, 0.25) is 0 Å². The molecule has 1 aliphatic rings. The Morgan fingerprint density at radius 3 is 2.75 bits per heavy atom. The standard InChI is InChI=1S/C13H18N2O4S/c1-9-3-4-10(2)12(7-9)20(18,19)15-6-5-14-8-11(15)13(16)17/h3-4,7,11,14H,5-6,8H2,1-2H3,(H,16,17). The summed E-state index contributed by atoms with van der Waals surface area (Å²) in [5.41, 5.74) is 1.45. The molecule has 0 spiro atoms. The summed E-state index contributed by atoms with van der Waals surface area (Å²) in [5.74, 6) is -1.13. The average molecular weight is 298 g/mol. The lowest BCUT2D eigenvalue weighted by Gasteiger charge is -2.32. The average Bonchev–Trinajstić information content (AvgIpc) is 2.41. The van der Waals surface area contributed by atoms with Gasteiger partial charge in [0.2, 0.25) is 10.0 Å². The fraction of sp³-hybridized carbons (Fsp3) is 0.462. The fourth-order valence-electron chi connectivity index (χ4n) is 2.30. The van der Waals surface area contributed by atoms with Crippen LogP contribution < -0.4 is 5.32 Å². The van der Waals surface area contributed by atoms with Gasteiger partial charge < -0.3 is 10.4 Å². The van der Waals surface area contributed by atoms with E-state index in [4.69, 9.17) is 0 Å². The van der Waals surface area contributed by atoms with E-state index in [1.807, 2.05) is 13.0 Å². The van der Waals surface area contributed by atoms with E-state index in [2.05, 4.69) is 5.32 Å². The quantitative estimate of drug-likeness (QED) is 0.841. The van der Waals surface area contributed by atoms with Gasteiger partial charge in [-0.25, -0.2) is 8.42 Å². The van der Waals surface area contributed by atoms with E-state index in [0.717, 1.165) is 9.87 Å². The number of aliphatic carboxylic acids is 1. The van der Waals surface area contributed by atoms with Crippen molar-refractivity contribution in [3.63, 3.8) is 0 Å². The van der Waals surface area contributed by atoms with Crippen molar-refractivity contribution in [1.29, 1.82) is 0 Å². The number of hydrogen-bond acceptors (Lipinski definition) is 4. The zero-order valence-electron chi connectivity index (χ0n) is 11.5. The van der Waals surface area contributed by atoms with Crippen LogP contribution in [-0.2, 0) is 14.8 Å². The number of nitrogens with zero attached hydrogens (tertiary/aromatic N) is 1. The lowest BCUT2D eigenvalue weighted by molar-refractivity contribution is -0.141. The van der Waals surface area contributed by atoms with Crippen LogP contribution in [0.5, 0.6) is 0 Å². The molecule has 0 bridgehead atoms. The molecule has 110 valence electrons. The summed E-state index contributed by atoms with van der Waals surface area (Å²) in [6.07, 6.45) is 0. The van der Waals surface area contributed by atoms with Crippen LogP contribution in [0, 0.1) is 13.8 Å². The Hall–Kier alpha value is -1.44. The van der Waals surface area contributed by atoms with Crippen LogP contribution in [-0.4, -0.2) is 49.5 Å². The summed E-state index contributed by atoms with van der Waals surface area (Å²) >= 11 is 0. The molecular weight excluding hydrogens is 280 g/mol. The molecule has 1 aromatic rings. The molecule has 6 nitrogen and oxygen atoms in total. The lowest BCUT2D eigenvalue weighted by atomic mass is 10.2. The van der Waals surface area contributed by atoms with Gasteiger partial charge in [-0.2, -0.15) is 4.31 Å². The van der Waals surface area contributed by atoms with Gasteiger partial charge in [-0.15, -0.1) is 0 Å². The lowest BCUT2D eigenvalue weighted by Crippen LogP contribution is -2.56. The number of carboxylic acid groups (broad SMARTS) is 1. The Morgan fingerprint density at radius 1 is 1.40 bits per heavy atom. The number of rotatable bonds is 3. The van der Waals surface area contributed by atoms with Crippen LogP contribution in [0.4, 0.5) is 0 Å². The SMILES string of the molecule is Cc1ccc(C)c(S(=O)(=O)N2CCNCC2C(=O)O)c1. The third-order valence-corrected chi connectivity index (χ3v) is 5.46. The molecule has 7 heteroatoms. The predicted molar refractivity (Wildman–Crippen MR) is 74.1 cm³/mol. The first-order chi connectivity index (χ1) is 9.34. The summed E-state index contributed by atoms with van der Waals surface area (Å²) in [7, 11) is -3.80. The first-order valence-electron chi connectivity index (χ1n) is 6.36. The van der Waals surface area contributed by atoms with Gasteiger partial charge in [0.25, 0.3) is 0 Å². The van der Waals surface area contributed by atoms with E-state index in [-0.39, 0.29) is 18.0 Å². The molecule has 1 heterocycles. The number of carbonyl (C=O) groups is 1. The second-order valence-electron chi connectivity index (χ2n) is 4.94. The smallest absolute Gasteiger partial charge is 0.323 e. The van der Waals surface area contributed by atoms with Gasteiger partial charge >= 0.3 is 5.97 Å². The van der Waals surface area contributed by atoms with Crippen molar-refractivity contribution in [2.45, 2.75) is 24.8 Å². The number of hydrogen-bond donors (Lipinski definition) is 2. The first kappa shape index (κ1) is 15.0. The zero-order valence-corrected chi connectivity index (χ0v) is 12.3. The Bertz CT molecular complexity index is 627. The first-order valence-corrected chi connectivity index (χ1v) is 7.80. The van der Waals surface area contributed by atoms with E-state index in [9.17, 15) is 18.3 Å². The number of nitrogens with one attached hydrogen (secondary N) is 1. The monoisotopic (exact) mass is 298 g/mol. The third kappa shape index (κ3) is 2.70. The van der Waals surface area contributed by atoms with Crippen LogP contribution in [0.25, 0.3) is 0 Å². The molecular formula is C13H18N2O4S. The van der Waals surface area contributed by atoms with E-state index in [1.165, 1.54) is 0 Å². The van der Waals surface area contributed by atoms with E-state index < -0.39 is 22.0 Å². The van der Waals surface area contributed by atoms with Crippen LogP contribution >= 0.6 is 0 Å². The molecule has 1 aliphatic heterocycles. The molecule has 1 atom stereocenters. The molecule has 0 radical (unpaired) electrons. The molecule has 1 aromatic carbocycles. The van der Waals surface area contributed by atoms with E-state index >= 15 is 0 Å². The van der Waals surface area contributed by atoms with Crippen molar-refractivity contribution < 1.29 is 18.3 Å². The highest BCUT2D eigenvalue weighted by molar-refractivity contribution is 7.89. The number of benzene rings is 1. The minimum absolute atomic E-state index is 0.124. The van der Waals surface area contributed by atoms with Gasteiger partial charge in [-0.1, -0.05) is 12.1 Å². The zero-order chi connectivity index (χ0) is 14.9. The number of piperazine rings is 1. The second kappa shape index (κ2) is 5.51. The molecule has 0 aromatic heterocycles. The maximum atomic E-state index is 12.7. The van der Waals surface area contributed by atoms with Crippen molar-refractivity contribution in [2.24, 2.45) is 0 Å². The Morgan fingerprint density at radius 2 is 2.10 bits per heavy atom. The topological polar surface area (TPSA) is 86.7 Å². The summed E-state index contributed by atoms with van der Waals surface area (Å²) in [6, 6.07) is 4.10. The minimum Gasteiger partial charge on any atom is -0.480 e. The van der Waals surface area contributed by atoms with Crippen molar-refractivity contribution in [3.05, 3.63) is 29.3 Å².